The number of fused-ring (bicyclic) bond motifs is 1. The number of anilines is 2. The van der Waals surface area contributed by atoms with Crippen LogP contribution in [0.1, 0.15) is 23.7 Å². The van der Waals surface area contributed by atoms with Gasteiger partial charge in [0.15, 0.2) is 0 Å². The summed E-state index contributed by atoms with van der Waals surface area (Å²) in [7, 11) is 1.51. The number of rotatable bonds is 7. The number of aliphatic hydroxyl groups excluding tert-OH is 1. The molecule has 0 amide bonds. The number of aromatic nitrogens is 2. The molecule has 2 aromatic carbocycles. The summed E-state index contributed by atoms with van der Waals surface area (Å²) in [5, 5.41) is 21.8. The minimum atomic E-state index is -0.465. The van der Waals surface area contributed by atoms with E-state index in [-0.39, 0.29) is 32.9 Å². The molecular weight excluding hydrogens is 414 g/mol. The van der Waals surface area contributed by atoms with E-state index in [4.69, 9.17) is 0 Å². The molecule has 1 aliphatic rings. The van der Waals surface area contributed by atoms with E-state index in [9.17, 15) is 24.1 Å². The van der Waals surface area contributed by atoms with Crippen molar-refractivity contribution in [3.8, 4) is 0 Å². The van der Waals surface area contributed by atoms with E-state index >= 15 is 0 Å². The van der Waals surface area contributed by atoms with E-state index in [2.05, 4.69) is 5.32 Å². The number of nitrogens with one attached hydrogen (secondary N) is 1. The van der Waals surface area contributed by atoms with Gasteiger partial charge in [-0.2, -0.15) is 0 Å². The molecule has 32 heavy (non-hydrogen) atoms. The molecule has 8 nitrogen and oxygen atoms in total. The molecule has 0 radical (unpaired) electrons. The Morgan fingerprint density at radius 1 is 1.09 bits per heavy atom. The molecular formula is C22H24BFN4O4. The van der Waals surface area contributed by atoms with Crippen LogP contribution in [0.25, 0.3) is 0 Å². The molecule has 1 aromatic heterocycles. The molecule has 3 N–H and O–H groups in total. The highest BCUT2D eigenvalue weighted by Crippen LogP contribution is 2.38. The quantitative estimate of drug-likeness (QED) is 0.455. The summed E-state index contributed by atoms with van der Waals surface area (Å²) in [4.78, 5) is 28.0. The van der Waals surface area contributed by atoms with Crippen LogP contribution in [0.2, 0.25) is 0 Å². The molecule has 1 atom stereocenters. The molecule has 2 heterocycles. The molecule has 0 bridgehead atoms. The number of hydrogen-bond acceptors (Lipinski definition) is 6. The second kappa shape index (κ2) is 9.01. The zero-order valence-corrected chi connectivity index (χ0v) is 17.7. The van der Waals surface area contributed by atoms with Crippen molar-refractivity contribution in [2.45, 2.75) is 25.7 Å². The van der Waals surface area contributed by atoms with E-state index in [1.165, 1.54) is 16.7 Å². The number of halogens is 1. The third-order valence-corrected chi connectivity index (χ3v) is 5.68. The second-order valence-electron chi connectivity index (χ2n) is 7.77. The number of aliphatic hydroxyl groups is 1. The third kappa shape index (κ3) is 3.94. The predicted octanol–water partition coefficient (Wildman–Crippen LogP) is 0.168. The topological polar surface area (TPSA) is 99.7 Å². The lowest BCUT2D eigenvalue weighted by molar-refractivity contribution is 0.277. The van der Waals surface area contributed by atoms with Gasteiger partial charge >= 0.3 is 13.2 Å². The summed E-state index contributed by atoms with van der Waals surface area (Å²) in [6.07, 6.45) is -0.166. The highest BCUT2D eigenvalue weighted by atomic mass is 19.1. The van der Waals surface area contributed by atoms with E-state index in [1.54, 1.807) is 31.3 Å². The Hall–Kier alpha value is -3.37. The van der Waals surface area contributed by atoms with Crippen molar-refractivity contribution in [2.75, 3.05) is 16.8 Å². The maximum Gasteiger partial charge on any atom is 0.332 e. The Morgan fingerprint density at radius 2 is 1.78 bits per heavy atom. The van der Waals surface area contributed by atoms with Crippen molar-refractivity contribution >= 4 is 24.5 Å². The highest BCUT2D eigenvalue weighted by Gasteiger charge is 2.35. The van der Waals surface area contributed by atoms with Crippen molar-refractivity contribution < 1.29 is 14.5 Å². The van der Waals surface area contributed by atoms with Gasteiger partial charge in [-0.25, -0.2) is 9.18 Å². The first kappa shape index (κ1) is 21.9. The van der Waals surface area contributed by atoms with Gasteiger partial charge in [-0.15, -0.1) is 0 Å². The Balaban J connectivity index is 1.84. The fraction of sp³-hybridized carbons (Fsp3) is 0.273. The monoisotopic (exact) mass is 438 g/mol. The van der Waals surface area contributed by atoms with Crippen molar-refractivity contribution in [1.82, 2.24) is 9.13 Å². The van der Waals surface area contributed by atoms with Crippen LogP contribution >= 0.6 is 0 Å². The summed E-state index contributed by atoms with van der Waals surface area (Å²) in [5.41, 5.74) is 1.83. The van der Waals surface area contributed by atoms with E-state index in [0.29, 0.717) is 18.1 Å². The summed E-state index contributed by atoms with van der Waals surface area (Å²) < 4.78 is 16.0. The summed E-state index contributed by atoms with van der Waals surface area (Å²) >= 11 is 0. The van der Waals surface area contributed by atoms with Crippen LogP contribution < -0.4 is 26.9 Å². The fourth-order valence-corrected chi connectivity index (χ4v) is 3.96. The number of benzene rings is 2. The van der Waals surface area contributed by atoms with Gasteiger partial charge < -0.3 is 20.3 Å². The largest absolute Gasteiger partial charge is 0.449 e. The first-order valence-corrected chi connectivity index (χ1v) is 10.4. The fourth-order valence-electron chi connectivity index (χ4n) is 3.96. The Kier molecular flexibility index (Phi) is 6.16. The van der Waals surface area contributed by atoms with Crippen LogP contribution in [-0.4, -0.2) is 33.4 Å². The van der Waals surface area contributed by atoms with Crippen LogP contribution in [-0.2, 0) is 20.1 Å². The normalized spacial score (nSPS) is 14.9. The number of nitrogens with zero attached hydrogens (tertiary/aromatic N) is 3. The Bertz CT molecular complexity index is 1220. The molecule has 0 saturated heterocycles. The second-order valence-corrected chi connectivity index (χ2v) is 7.77. The molecule has 0 saturated carbocycles. The lowest BCUT2D eigenvalue weighted by atomic mass is 9.88. The Morgan fingerprint density at radius 3 is 2.41 bits per heavy atom. The van der Waals surface area contributed by atoms with Crippen LogP contribution in [0.3, 0.4) is 0 Å². The maximum atomic E-state index is 13.4. The van der Waals surface area contributed by atoms with Crippen LogP contribution in [0.5, 0.6) is 0 Å². The minimum absolute atomic E-state index is 0.0814. The number of hydrogen-bond donors (Lipinski definition) is 3. The van der Waals surface area contributed by atoms with Crippen molar-refractivity contribution in [1.29, 1.82) is 0 Å². The van der Waals surface area contributed by atoms with Gasteiger partial charge in [0.05, 0.1) is 0 Å². The first-order chi connectivity index (χ1) is 15.4. The van der Waals surface area contributed by atoms with Crippen molar-refractivity contribution in [2.24, 2.45) is 7.05 Å². The van der Waals surface area contributed by atoms with Gasteiger partial charge in [-0.05, 0) is 29.7 Å². The first-order valence-electron chi connectivity index (χ1n) is 10.4. The molecule has 0 spiro atoms. The average molecular weight is 438 g/mol. The minimum Gasteiger partial charge on any atom is -0.449 e. The van der Waals surface area contributed by atoms with Crippen LogP contribution in [0.15, 0.2) is 58.1 Å². The molecule has 3 aromatic rings. The van der Waals surface area contributed by atoms with E-state index < -0.39 is 17.4 Å². The molecule has 166 valence electrons. The van der Waals surface area contributed by atoms with E-state index in [1.807, 2.05) is 17.0 Å². The smallest absolute Gasteiger partial charge is 0.332 e. The molecule has 0 aliphatic carbocycles. The summed E-state index contributed by atoms with van der Waals surface area (Å²) in [6, 6.07) is 13.4. The van der Waals surface area contributed by atoms with E-state index in [0.717, 1.165) is 21.2 Å². The maximum absolute atomic E-state index is 13.4. The van der Waals surface area contributed by atoms with Gasteiger partial charge in [-0.3, -0.25) is 13.9 Å². The van der Waals surface area contributed by atoms with Gasteiger partial charge in [-0.1, -0.05) is 41.9 Å². The molecule has 0 fully saturated rings. The van der Waals surface area contributed by atoms with Crippen LogP contribution in [0, 0.1) is 5.82 Å². The van der Waals surface area contributed by atoms with Crippen molar-refractivity contribution in [3.05, 3.63) is 86.3 Å². The lowest BCUT2D eigenvalue weighted by Gasteiger charge is -2.27. The van der Waals surface area contributed by atoms with Gasteiger partial charge in [0.1, 0.15) is 23.5 Å². The lowest BCUT2D eigenvalue weighted by Crippen LogP contribution is -2.41. The zero-order valence-electron chi connectivity index (χ0n) is 17.7. The summed E-state index contributed by atoms with van der Waals surface area (Å²) in [6.45, 7) is 0.278. The molecule has 4 rings (SSSR count). The van der Waals surface area contributed by atoms with Gasteiger partial charge in [0, 0.05) is 26.7 Å². The molecule has 1 aliphatic heterocycles. The highest BCUT2D eigenvalue weighted by molar-refractivity contribution is 6.45. The Labute approximate surface area is 184 Å². The van der Waals surface area contributed by atoms with Crippen molar-refractivity contribution in [3.63, 3.8) is 0 Å². The summed E-state index contributed by atoms with van der Waals surface area (Å²) in [5.74, 6) is 0.0530. The molecule has 1 unspecified atom stereocenters. The zero-order chi connectivity index (χ0) is 22.8. The van der Waals surface area contributed by atoms with Crippen LogP contribution in [0.4, 0.5) is 15.9 Å². The molecule has 10 heteroatoms. The third-order valence-electron chi connectivity index (χ3n) is 5.68. The average Bonchev–Trinajstić information content (AvgIpc) is 3.18. The van der Waals surface area contributed by atoms with Gasteiger partial charge in [0.2, 0.25) is 0 Å². The SMILES string of the molecule is Cn1c2c(c(=O)n(CCCO)c1=O)N(Cc1ccc(F)cc1)C(c1ccc(BO)cc1)N2. The standard InChI is InChI=1S/C22H24BFN4O4/c1-26-20-18(21(30)27(22(26)31)11-2-12-29)28(13-14-3-9-17(24)10-4-14)19(25-20)15-5-7-16(23-32)8-6-15/h3-10,19,23,25,29,32H,2,11-13H2,1H3. The predicted molar refractivity (Wildman–Crippen MR) is 122 cm³/mol. The van der Waals surface area contributed by atoms with Gasteiger partial charge in [0.25, 0.3) is 5.56 Å².